The van der Waals surface area contributed by atoms with Gasteiger partial charge >= 0.3 is 12.0 Å². The number of aliphatic carboxylic acids is 1. The SMILES string of the molecule is CC(C)(CN1CCC(CNC(=O)N2C(=O)C(C)(C)c3ccccc32)CC1O)C(=O)O. The number of carbonyl (C=O) groups is 3. The highest BCUT2D eigenvalue weighted by Gasteiger charge is 2.46. The van der Waals surface area contributed by atoms with E-state index in [1.165, 1.54) is 4.90 Å². The van der Waals surface area contributed by atoms with Gasteiger partial charge in [-0.15, -0.1) is 0 Å². The zero-order chi connectivity index (χ0) is 22.3. The van der Waals surface area contributed by atoms with Gasteiger partial charge < -0.3 is 15.5 Å². The van der Waals surface area contributed by atoms with Gasteiger partial charge in [0.25, 0.3) is 0 Å². The van der Waals surface area contributed by atoms with E-state index in [0.717, 1.165) is 12.0 Å². The lowest BCUT2D eigenvalue weighted by atomic mass is 9.86. The van der Waals surface area contributed by atoms with E-state index in [4.69, 9.17) is 0 Å². The number of urea groups is 1. The minimum absolute atomic E-state index is 0.0501. The van der Waals surface area contributed by atoms with Crippen LogP contribution >= 0.6 is 0 Å². The van der Waals surface area contributed by atoms with E-state index in [1.807, 2.05) is 26.0 Å². The number of carboxylic acid groups (broad SMARTS) is 1. The van der Waals surface area contributed by atoms with Gasteiger partial charge in [0.1, 0.15) is 6.23 Å². The van der Waals surface area contributed by atoms with Crippen molar-refractivity contribution < 1.29 is 24.6 Å². The van der Waals surface area contributed by atoms with Crippen molar-refractivity contribution in [2.24, 2.45) is 11.3 Å². The summed E-state index contributed by atoms with van der Waals surface area (Å²) in [6.45, 7) is 8.06. The van der Waals surface area contributed by atoms with Crippen LogP contribution in [0.5, 0.6) is 0 Å². The van der Waals surface area contributed by atoms with Crippen LogP contribution in [0.4, 0.5) is 10.5 Å². The summed E-state index contributed by atoms with van der Waals surface area (Å²) in [5.41, 5.74) is -0.268. The number of hydrogen-bond acceptors (Lipinski definition) is 5. The van der Waals surface area contributed by atoms with Crippen molar-refractivity contribution in [3.8, 4) is 0 Å². The Kier molecular flexibility index (Phi) is 5.93. The molecule has 1 aromatic rings. The number of aliphatic hydroxyl groups is 1. The van der Waals surface area contributed by atoms with Gasteiger partial charge in [-0.3, -0.25) is 14.5 Å². The van der Waals surface area contributed by atoms with Gasteiger partial charge in [-0.05, 0) is 58.1 Å². The number of amides is 3. The Morgan fingerprint density at radius 3 is 2.57 bits per heavy atom. The quantitative estimate of drug-likeness (QED) is 0.677. The minimum atomic E-state index is -0.946. The summed E-state index contributed by atoms with van der Waals surface area (Å²) >= 11 is 0. The lowest BCUT2D eigenvalue weighted by molar-refractivity contribution is -0.150. The Hall–Kier alpha value is -2.45. The van der Waals surface area contributed by atoms with Crippen LogP contribution in [0.15, 0.2) is 24.3 Å². The molecule has 3 rings (SSSR count). The Balaban J connectivity index is 1.58. The largest absolute Gasteiger partial charge is 0.481 e. The molecule has 3 N–H and O–H groups in total. The summed E-state index contributed by atoms with van der Waals surface area (Å²) in [5, 5.41) is 22.6. The molecular formula is C22H31N3O5. The summed E-state index contributed by atoms with van der Waals surface area (Å²) in [5.74, 6) is -1.11. The van der Waals surface area contributed by atoms with Crippen LogP contribution in [0.1, 0.15) is 46.1 Å². The Morgan fingerprint density at radius 1 is 1.27 bits per heavy atom. The summed E-state index contributed by atoms with van der Waals surface area (Å²) in [6.07, 6.45) is 0.405. The third-order valence-corrected chi connectivity index (χ3v) is 6.27. The van der Waals surface area contributed by atoms with Gasteiger partial charge in [-0.2, -0.15) is 0 Å². The number of para-hydroxylation sites is 1. The van der Waals surface area contributed by atoms with Gasteiger partial charge in [-0.1, -0.05) is 18.2 Å². The number of nitrogens with one attached hydrogen (secondary N) is 1. The highest BCUT2D eigenvalue weighted by molar-refractivity contribution is 6.22. The molecule has 8 heteroatoms. The maximum absolute atomic E-state index is 12.8. The molecule has 0 bridgehead atoms. The number of rotatable bonds is 5. The average Bonchev–Trinajstić information content (AvgIpc) is 2.88. The van der Waals surface area contributed by atoms with E-state index >= 15 is 0 Å². The molecule has 1 fully saturated rings. The van der Waals surface area contributed by atoms with Crippen molar-refractivity contribution in [1.29, 1.82) is 0 Å². The zero-order valence-electron chi connectivity index (χ0n) is 18.0. The number of hydrogen-bond donors (Lipinski definition) is 3. The predicted molar refractivity (Wildman–Crippen MR) is 112 cm³/mol. The number of carbonyl (C=O) groups excluding carboxylic acids is 2. The number of benzene rings is 1. The van der Waals surface area contributed by atoms with Gasteiger partial charge in [0.15, 0.2) is 0 Å². The fourth-order valence-corrected chi connectivity index (χ4v) is 4.22. The first-order chi connectivity index (χ1) is 13.9. The minimum Gasteiger partial charge on any atom is -0.481 e. The van der Waals surface area contributed by atoms with E-state index in [-0.39, 0.29) is 18.4 Å². The fraction of sp³-hybridized carbons (Fsp3) is 0.591. The summed E-state index contributed by atoms with van der Waals surface area (Å²) in [4.78, 5) is 40.0. The number of carboxylic acids is 1. The maximum atomic E-state index is 12.8. The molecular weight excluding hydrogens is 386 g/mol. The Morgan fingerprint density at radius 2 is 1.93 bits per heavy atom. The van der Waals surface area contributed by atoms with Crippen LogP contribution in [0, 0.1) is 11.3 Å². The second-order valence-electron chi connectivity index (χ2n) is 9.50. The highest BCUT2D eigenvalue weighted by atomic mass is 16.4. The first-order valence-electron chi connectivity index (χ1n) is 10.3. The standard InChI is InChI=1S/C22H31N3O5/c1-21(2,19(28)29)13-24-10-9-14(11-17(24)26)12-23-20(30)25-16-8-6-5-7-15(16)22(3,4)18(25)27/h5-8,14,17,26H,9-13H2,1-4H3,(H,23,30)(H,28,29). The highest BCUT2D eigenvalue weighted by Crippen LogP contribution is 2.41. The number of piperidine rings is 1. The van der Waals surface area contributed by atoms with Gasteiger partial charge in [0.2, 0.25) is 5.91 Å². The molecule has 1 saturated heterocycles. The third-order valence-electron chi connectivity index (χ3n) is 6.27. The monoisotopic (exact) mass is 417 g/mol. The van der Waals surface area contributed by atoms with Gasteiger partial charge in [0.05, 0.1) is 16.5 Å². The van der Waals surface area contributed by atoms with Gasteiger partial charge in [-0.25, -0.2) is 9.69 Å². The van der Waals surface area contributed by atoms with E-state index < -0.39 is 29.1 Å². The lowest BCUT2D eigenvalue weighted by Crippen LogP contribution is -2.51. The number of anilines is 1. The number of likely N-dealkylation sites (tertiary alicyclic amines) is 1. The van der Waals surface area contributed by atoms with Crippen molar-refractivity contribution in [2.45, 2.75) is 52.2 Å². The maximum Gasteiger partial charge on any atom is 0.328 e. The van der Waals surface area contributed by atoms with Crippen LogP contribution in [-0.4, -0.2) is 58.9 Å². The molecule has 30 heavy (non-hydrogen) atoms. The first kappa shape index (κ1) is 22.2. The smallest absolute Gasteiger partial charge is 0.328 e. The zero-order valence-corrected chi connectivity index (χ0v) is 18.0. The number of aliphatic hydroxyl groups excluding tert-OH is 1. The molecule has 3 amide bonds. The summed E-state index contributed by atoms with van der Waals surface area (Å²) in [6, 6.07) is 6.84. The molecule has 164 valence electrons. The number of nitrogens with zero attached hydrogens (tertiary/aromatic N) is 2. The molecule has 0 spiro atoms. The average molecular weight is 418 g/mol. The molecule has 2 heterocycles. The van der Waals surface area contributed by atoms with E-state index in [2.05, 4.69) is 5.32 Å². The Labute approximate surface area is 176 Å². The van der Waals surface area contributed by atoms with Crippen LogP contribution < -0.4 is 10.2 Å². The lowest BCUT2D eigenvalue weighted by Gasteiger charge is -2.39. The normalized spacial score (nSPS) is 23.9. The predicted octanol–water partition coefficient (Wildman–Crippen LogP) is 2.16. The van der Waals surface area contributed by atoms with Crippen LogP contribution in [0.2, 0.25) is 0 Å². The summed E-state index contributed by atoms with van der Waals surface area (Å²) in [7, 11) is 0. The molecule has 0 aromatic heterocycles. The molecule has 2 aliphatic heterocycles. The van der Waals surface area contributed by atoms with Crippen molar-refractivity contribution in [3.05, 3.63) is 29.8 Å². The topological polar surface area (TPSA) is 110 Å². The fourth-order valence-electron chi connectivity index (χ4n) is 4.22. The molecule has 0 saturated carbocycles. The van der Waals surface area contributed by atoms with Crippen LogP contribution in [-0.2, 0) is 15.0 Å². The third kappa shape index (κ3) is 4.06. The second-order valence-corrected chi connectivity index (χ2v) is 9.50. The number of fused-ring (bicyclic) bond motifs is 1. The first-order valence-corrected chi connectivity index (χ1v) is 10.3. The molecule has 2 aliphatic rings. The molecule has 2 atom stereocenters. The summed E-state index contributed by atoms with van der Waals surface area (Å²) < 4.78 is 0. The van der Waals surface area contributed by atoms with Crippen molar-refractivity contribution in [3.63, 3.8) is 0 Å². The number of imide groups is 1. The van der Waals surface area contributed by atoms with Gasteiger partial charge in [0, 0.05) is 19.6 Å². The molecule has 0 aliphatic carbocycles. The van der Waals surface area contributed by atoms with Crippen LogP contribution in [0.25, 0.3) is 0 Å². The second kappa shape index (κ2) is 8.00. The van der Waals surface area contributed by atoms with Crippen molar-refractivity contribution in [2.75, 3.05) is 24.5 Å². The van der Waals surface area contributed by atoms with Crippen molar-refractivity contribution in [1.82, 2.24) is 10.2 Å². The Bertz CT molecular complexity index is 851. The molecule has 0 radical (unpaired) electrons. The molecule has 8 nitrogen and oxygen atoms in total. The van der Waals surface area contributed by atoms with E-state index in [0.29, 0.717) is 25.2 Å². The van der Waals surface area contributed by atoms with Crippen LogP contribution in [0.3, 0.4) is 0 Å². The molecule has 1 aromatic carbocycles. The molecule has 2 unspecified atom stereocenters. The van der Waals surface area contributed by atoms with E-state index in [1.54, 1.807) is 30.9 Å². The van der Waals surface area contributed by atoms with Crippen molar-refractivity contribution >= 4 is 23.6 Å². The van der Waals surface area contributed by atoms with E-state index in [9.17, 15) is 24.6 Å².